The van der Waals surface area contributed by atoms with E-state index in [9.17, 15) is 4.79 Å². The van der Waals surface area contributed by atoms with Gasteiger partial charge in [0, 0.05) is 16.5 Å². The zero-order valence-electron chi connectivity index (χ0n) is 13.5. The molecule has 1 N–H and O–H groups in total. The fraction of sp³-hybridized carbons (Fsp3) is 0.529. The van der Waals surface area contributed by atoms with Gasteiger partial charge in [-0.1, -0.05) is 49.1 Å². The van der Waals surface area contributed by atoms with Crippen molar-refractivity contribution in [1.82, 2.24) is 0 Å². The zero-order valence-corrected chi connectivity index (χ0v) is 15.0. The van der Waals surface area contributed by atoms with E-state index in [-0.39, 0.29) is 10.8 Å². The van der Waals surface area contributed by atoms with Crippen LogP contribution in [0.2, 0.25) is 10.0 Å². The molecule has 0 spiro atoms. The Bertz CT molecular complexity index is 680. The van der Waals surface area contributed by atoms with Gasteiger partial charge in [-0.05, 0) is 43.4 Å². The Kier molecular flexibility index (Phi) is 4.09. The molecule has 2 fully saturated rings. The summed E-state index contributed by atoms with van der Waals surface area (Å²) in [4.78, 5) is 17.1. The maximum atomic E-state index is 12.0. The molecule has 2 bridgehead atoms. The number of benzene rings is 1. The summed E-state index contributed by atoms with van der Waals surface area (Å²) in [5.74, 6) is 0.619. The predicted molar refractivity (Wildman–Crippen MR) is 93.2 cm³/mol. The van der Waals surface area contributed by atoms with Gasteiger partial charge >= 0.3 is 6.09 Å². The maximum absolute atomic E-state index is 12.0. The van der Waals surface area contributed by atoms with Crippen LogP contribution >= 0.6 is 23.2 Å². The third kappa shape index (κ3) is 2.94. The minimum Gasteiger partial charge on any atom is -0.298 e. The third-order valence-electron chi connectivity index (χ3n) is 5.33. The van der Waals surface area contributed by atoms with Crippen LogP contribution in [0, 0.1) is 16.7 Å². The summed E-state index contributed by atoms with van der Waals surface area (Å²) < 4.78 is 0. The Labute approximate surface area is 146 Å². The number of carbonyl (C=O) groups excluding carboxylic acids is 1. The number of nitrogens with zero attached hydrogens (tertiary/aromatic N) is 1. The van der Waals surface area contributed by atoms with Crippen molar-refractivity contribution < 1.29 is 9.63 Å². The molecule has 0 radical (unpaired) electrons. The first-order valence-electron chi connectivity index (χ1n) is 7.74. The highest BCUT2D eigenvalue weighted by Crippen LogP contribution is 2.60. The second-order valence-corrected chi connectivity index (χ2v) is 8.11. The standard InChI is InChI=1S/C17H20Cl2N2O2/c1-16(2)10-6-7-17(3,9-10)14(16)21-23-15(22)20-11-4-5-12(18)13(19)8-11/h4-5,8,10H,6-7,9H2,1-3H3,(H,20,22)/b21-14-/t10-,17+/m1/s1. The Balaban J connectivity index is 1.70. The summed E-state index contributed by atoms with van der Waals surface area (Å²) in [6.07, 6.45) is 2.82. The molecule has 2 saturated carbocycles. The fourth-order valence-electron chi connectivity index (χ4n) is 4.07. The minimum atomic E-state index is -0.627. The molecule has 1 amide bonds. The van der Waals surface area contributed by atoms with E-state index in [1.165, 1.54) is 6.42 Å². The molecule has 2 aliphatic carbocycles. The van der Waals surface area contributed by atoms with Gasteiger partial charge < -0.3 is 0 Å². The minimum absolute atomic E-state index is 0.0170. The first-order valence-corrected chi connectivity index (χ1v) is 8.50. The van der Waals surface area contributed by atoms with Crippen LogP contribution in [0.15, 0.2) is 23.4 Å². The van der Waals surface area contributed by atoms with E-state index in [0.717, 1.165) is 18.6 Å². The van der Waals surface area contributed by atoms with Crippen LogP contribution in [-0.4, -0.2) is 11.8 Å². The molecule has 4 nitrogen and oxygen atoms in total. The molecule has 23 heavy (non-hydrogen) atoms. The van der Waals surface area contributed by atoms with Crippen LogP contribution in [-0.2, 0) is 4.84 Å². The van der Waals surface area contributed by atoms with Crippen molar-refractivity contribution in [2.75, 3.05) is 5.32 Å². The van der Waals surface area contributed by atoms with Crippen molar-refractivity contribution in [3.8, 4) is 0 Å². The smallest absolute Gasteiger partial charge is 0.298 e. The second kappa shape index (κ2) is 5.67. The van der Waals surface area contributed by atoms with E-state index in [1.54, 1.807) is 18.2 Å². The van der Waals surface area contributed by atoms with Gasteiger partial charge in [0.1, 0.15) is 0 Å². The van der Waals surface area contributed by atoms with Crippen molar-refractivity contribution >= 4 is 40.7 Å². The normalized spacial score (nSPS) is 29.8. The summed E-state index contributed by atoms with van der Waals surface area (Å²) in [5.41, 5.74) is 1.54. The molecule has 2 atom stereocenters. The summed E-state index contributed by atoms with van der Waals surface area (Å²) in [5, 5.41) is 7.62. The average molecular weight is 355 g/mol. The second-order valence-electron chi connectivity index (χ2n) is 7.29. The van der Waals surface area contributed by atoms with E-state index in [0.29, 0.717) is 21.7 Å². The van der Waals surface area contributed by atoms with Gasteiger partial charge in [-0.15, -0.1) is 0 Å². The molecule has 1 aromatic carbocycles. The van der Waals surface area contributed by atoms with Crippen LogP contribution < -0.4 is 5.32 Å². The number of nitrogens with one attached hydrogen (secondary N) is 1. The lowest BCUT2D eigenvalue weighted by molar-refractivity contribution is 0.162. The maximum Gasteiger partial charge on any atom is 0.437 e. The van der Waals surface area contributed by atoms with Gasteiger partial charge in [0.25, 0.3) is 0 Å². The highest BCUT2D eigenvalue weighted by Gasteiger charge is 2.57. The lowest BCUT2D eigenvalue weighted by Crippen LogP contribution is -2.36. The van der Waals surface area contributed by atoms with Crippen LogP contribution in [0.5, 0.6) is 0 Å². The molecule has 124 valence electrons. The molecule has 0 saturated heterocycles. The van der Waals surface area contributed by atoms with Crippen molar-refractivity contribution in [2.45, 2.75) is 40.0 Å². The van der Waals surface area contributed by atoms with Crippen molar-refractivity contribution in [3.63, 3.8) is 0 Å². The largest absolute Gasteiger partial charge is 0.437 e. The van der Waals surface area contributed by atoms with Crippen molar-refractivity contribution in [1.29, 1.82) is 0 Å². The first kappa shape index (κ1) is 16.6. The molecular formula is C17H20Cl2N2O2. The predicted octanol–water partition coefficient (Wildman–Crippen LogP) is 5.74. The molecular weight excluding hydrogens is 335 g/mol. The summed E-state index contributed by atoms with van der Waals surface area (Å²) in [6.45, 7) is 6.57. The molecule has 0 aromatic heterocycles. The van der Waals surface area contributed by atoms with E-state index < -0.39 is 6.09 Å². The van der Waals surface area contributed by atoms with E-state index in [2.05, 4.69) is 31.2 Å². The fourth-order valence-corrected chi connectivity index (χ4v) is 4.37. The van der Waals surface area contributed by atoms with Gasteiger partial charge in [0.2, 0.25) is 0 Å². The van der Waals surface area contributed by atoms with Gasteiger partial charge in [-0.25, -0.2) is 4.79 Å². The number of hydrogen-bond acceptors (Lipinski definition) is 3. The Morgan fingerprint density at radius 2 is 2.04 bits per heavy atom. The van der Waals surface area contributed by atoms with Crippen LogP contribution in [0.1, 0.15) is 40.0 Å². The summed E-state index contributed by atoms with van der Waals surface area (Å²) >= 11 is 11.8. The Morgan fingerprint density at radius 3 is 2.65 bits per heavy atom. The van der Waals surface area contributed by atoms with Crippen LogP contribution in [0.3, 0.4) is 0 Å². The van der Waals surface area contributed by atoms with E-state index >= 15 is 0 Å². The number of rotatable bonds is 2. The number of halogens is 2. The molecule has 2 aliphatic rings. The molecule has 3 rings (SSSR count). The van der Waals surface area contributed by atoms with E-state index in [1.807, 2.05) is 0 Å². The Hall–Kier alpha value is -1.26. The van der Waals surface area contributed by atoms with Gasteiger partial charge in [-0.3, -0.25) is 10.2 Å². The summed E-state index contributed by atoms with van der Waals surface area (Å²) in [7, 11) is 0. The summed E-state index contributed by atoms with van der Waals surface area (Å²) in [6, 6.07) is 4.85. The molecule has 6 heteroatoms. The van der Waals surface area contributed by atoms with Gasteiger partial charge in [-0.2, -0.15) is 0 Å². The number of amides is 1. The van der Waals surface area contributed by atoms with Gasteiger partial charge in [0.15, 0.2) is 0 Å². The molecule has 0 unspecified atom stereocenters. The van der Waals surface area contributed by atoms with Crippen molar-refractivity contribution in [3.05, 3.63) is 28.2 Å². The monoisotopic (exact) mass is 354 g/mol. The molecule has 0 aliphatic heterocycles. The average Bonchev–Trinajstić information content (AvgIpc) is 2.93. The van der Waals surface area contributed by atoms with Gasteiger partial charge in [0.05, 0.1) is 15.8 Å². The molecule has 0 heterocycles. The number of oxime groups is 1. The number of hydrogen-bond donors (Lipinski definition) is 1. The first-order chi connectivity index (χ1) is 10.7. The highest BCUT2D eigenvalue weighted by molar-refractivity contribution is 6.42. The third-order valence-corrected chi connectivity index (χ3v) is 6.07. The molecule has 1 aromatic rings. The van der Waals surface area contributed by atoms with Crippen LogP contribution in [0.25, 0.3) is 0 Å². The van der Waals surface area contributed by atoms with Crippen molar-refractivity contribution in [2.24, 2.45) is 21.9 Å². The lowest BCUT2D eigenvalue weighted by atomic mass is 9.71. The SMILES string of the molecule is CC1(C)/C(=N/OC(=O)Nc2ccc(Cl)c(Cl)c2)[C@@]2(C)CC[C@@H]1C2. The Morgan fingerprint density at radius 1 is 1.30 bits per heavy atom. The quantitative estimate of drug-likeness (QED) is 0.543. The zero-order chi connectivity index (χ0) is 16.8. The number of anilines is 1. The van der Waals surface area contributed by atoms with E-state index in [4.69, 9.17) is 28.0 Å². The topological polar surface area (TPSA) is 50.7 Å². The lowest BCUT2D eigenvalue weighted by Gasteiger charge is -2.34. The van der Waals surface area contributed by atoms with Crippen LogP contribution in [0.4, 0.5) is 10.5 Å². The number of carbonyl (C=O) groups is 1. The highest BCUT2D eigenvalue weighted by atomic mass is 35.5. The number of fused-ring (bicyclic) bond motifs is 2.